The second-order valence-corrected chi connectivity index (χ2v) is 4.73. The number of hydrogen-bond acceptors (Lipinski definition) is 4. The summed E-state index contributed by atoms with van der Waals surface area (Å²) in [4.78, 5) is 13.0. The maximum absolute atomic E-state index is 11.4. The Balaban J connectivity index is 2.54. The van der Waals surface area contributed by atoms with Gasteiger partial charge in [-0.3, -0.25) is 4.79 Å². The second-order valence-electron chi connectivity index (χ2n) is 4.73. The normalized spacial score (nSPS) is 13.0. The Labute approximate surface area is 119 Å². The first kappa shape index (κ1) is 16.0. The minimum absolute atomic E-state index is 0.0672. The fourth-order valence-corrected chi connectivity index (χ4v) is 1.81. The monoisotopic (exact) mass is 278 g/mol. The second kappa shape index (κ2) is 8.16. The SMILES string of the molecule is CN(C)C(=O)CCNCC(C(N)=NO)c1ccccc1. The number of amides is 1. The van der Waals surface area contributed by atoms with Crippen LogP contribution in [0.15, 0.2) is 35.5 Å². The van der Waals surface area contributed by atoms with E-state index >= 15 is 0 Å². The van der Waals surface area contributed by atoms with Crippen molar-refractivity contribution in [1.82, 2.24) is 10.2 Å². The molecule has 4 N–H and O–H groups in total. The lowest BCUT2D eigenvalue weighted by atomic mass is 9.98. The van der Waals surface area contributed by atoms with Gasteiger partial charge in [0.25, 0.3) is 0 Å². The van der Waals surface area contributed by atoms with Crippen molar-refractivity contribution >= 4 is 11.7 Å². The Morgan fingerprint density at radius 2 is 2.05 bits per heavy atom. The van der Waals surface area contributed by atoms with Gasteiger partial charge in [-0.05, 0) is 5.56 Å². The van der Waals surface area contributed by atoms with Gasteiger partial charge in [-0.15, -0.1) is 0 Å². The van der Waals surface area contributed by atoms with Crippen LogP contribution in [0.25, 0.3) is 0 Å². The molecule has 1 amide bonds. The Morgan fingerprint density at radius 3 is 2.60 bits per heavy atom. The third-order valence-electron chi connectivity index (χ3n) is 3.04. The summed E-state index contributed by atoms with van der Waals surface area (Å²) in [5, 5.41) is 15.1. The number of carbonyl (C=O) groups excluding carboxylic acids is 1. The average Bonchev–Trinajstić information content (AvgIpc) is 2.47. The maximum Gasteiger partial charge on any atom is 0.223 e. The third kappa shape index (κ3) is 4.89. The molecule has 1 aromatic rings. The summed E-state index contributed by atoms with van der Waals surface area (Å²) >= 11 is 0. The molecule has 1 rings (SSSR count). The highest BCUT2D eigenvalue weighted by molar-refractivity contribution is 5.87. The number of benzene rings is 1. The van der Waals surface area contributed by atoms with Crippen LogP contribution in [0, 0.1) is 0 Å². The molecule has 0 bridgehead atoms. The van der Waals surface area contributed by atoms with E-state index in [2.05, 4.69) is 10.5 Å². The Bertz CT molecular complexity index is 446. The quantitative estimate of drug-likeness (QED) is 0.224. The molecule has 0 fully saturated rings. The molecule has 1 aromatic carbocycles. The lowest BCUT2D eigenvalue weighted by Crippen LogP contribution is -2.33. The number of hydrogen-bond donors (Lipinski definition) is 3. The summed E-state index contributed by atoms with van der Waals surface area (Å²) in [5.74, 6) is 0.0100. The van der Waals surface area contributed by atoms with Crippen molar-refractivity contribution in [3.05, 3.63) is 35.9 Å². The molecule has 6 nitrogen and oxygen atoms in total. The van der Waals surface area contributed by atoms with Crippen LogP contribution in [-0.2, 0) is 4.79 Å². The highest BCUT2D eigenvalue weighted by atomic mass is 16.4. The molecule has 0 aromatic heterocycles. The number of nitrogens with zero attached hydrogens (tertiary/aromatic N) is 2. The van der Waals surface area contributed by atoms with E-state index in [0.29, 0.717) is 19.5 Å². The van der Waals surface area contributed by atoms with Gasteiger partial charge in [0.15, 0.2) is 0 Å². The maximum atomic E-state index is 11.4. The first-order valence-electron chi connectivity index (χ1n) is 6.49. The zero-order chi connectivity index (χ0) is 15.0. The topological polar surface area (TPSA) is 91.0 Å². The van der Waals surface area contributed by atoms with Crippen LogP contribution < -0.4 is 11.1 Å². The van der Waals surface area contributed by atoms with E-state index in [4.69, 9.17) is 10.9 Å². The predicted molar refractivity (Wildman–Crippen MR) is 78.8 cm³/mol. The predicted octanol–water partition coefficient (Wildman–Crippen LogP) is 0.585. The van der Waals surface area contributed by atoms with Crippen LogP contribution in [-0.4, -0.2) is 49.0 Å². The van der Waals surface area contributed by atoms with Crippen LogP contribution in [0.3, 0.4) is 0 Å². The van der Waals surface area contributed by atoms with E-state index < -0.39 is 0 Å². The number of nitrogens with two attached hydrogens (primary N) is 1. The van der Waals surface area contributed by atoms with Gasteiger partial charge in [0.05, 0.1) is 5.92 Å². The average molecular weight is 278 g/mol. The molecular formula is C14H22N4O2. The molecule has 0 saturated carbocycles. The standard InChI is InChI=1S/C14H22N4O2/c1-18(2)13(19)8-9-16-10-12(14(15)17-20)11-6-4-3-5-7-11/h3-7,12,16,20H,8-10H2,1-2H3,(H2,15,17). The summed E-state index contributed by atoms with van der Waals surface area (Å²) in [6.07, 6.45) is 0.421. The molecule has 0 aliphatic carbocycles. The highest BCUT2D eigenvalue weighted by Gasteiger charge is 2.16. The Hall–Kier alpha value is -2.08. The van der Waals surface area contributed by atoms with Crippen molar-refractivity contribution in [2.75, 3.05) is 27.2 Å². The first-order chi connectivity index (χ1) is 9.56. The highest BCUT2D eigenvalue weighted by Crippen LogP contribution is 2.14. The van der Waals surface area contributed by atoms with Gasteiger partial charge in [0.1, 0.15) is 5.84 Å². The number of amidine groups is 1. The van der Waals surface area contributed by atoms with Gasteiger partial charge in [-0.25, -0.2) is 0 Å². The molecule has 0 saturated heterocycles. The van der Waals surface area contributed by atoms with Gasteiger partial charge in [-0.1, -0.05) is 35.5 Å². The van der Waals surface area contributed by atoms with Crippen molar-refractivity contribution in [3.63, 3.8) is 0 Å². The molecule has 0 aliphatic rings. The molecule has 20 heavy (non-hydrogen) atoms. The number of rotatable bonds is 7. The molecular weight excluding hydrogens is 256 g/mol. The van der Waals surface area contributed by atoms with Gasteiger partial charge in [0.2, 0.25) is 5.91 Å². The molecule has 1 atom stereocenters. The van der Waals surface area contributed by atoms with E-state index in [1.54, 1.807) is 19.0 Å². The van der Waals surface area contributed by atoms with Crippen LogP contribution in [0.5, 0.6) is 0 Å². The van der Waals surface area contributed by atoms with Gasteiger partial charge in [0, 0.05) is 33.6 Å². The zero-order valence-corrected chi connectivity index (χ0v) is 11.9. The molecule has 0 spiro atoms. The Morgan fingerprint density at radius 1 is 1.40 bits per heavy atom. The van der Waals surface area contributed by atoms with Gasteiger partial charge in [-0.2, -0.15) is 0 Å². The van der Waals surface area contributed by atoms with Crippen LogP contribution in [0.2, 0.25) is 0 Å². The van der Waals surface area contributed by atoms with Crippen molar-refractivity contribution in [1.29, 1.82) is 0 Å². The summed E-state index contributed by atoms with van der Waals surface area (Å²) in [7, 11) is 3.46. The van der Waals surface area contributed by atoms with E-state index in [1.807, 2.05) is 30.3 Å². The number of nitrogens with one attached hydrogen (secondary N) is 1. The fraction of sp³-hybridized carbons (Fsp3) is 0.429. The molecule has 0 aliphatic heterocycles. The van der Waals surface area contributed by atoms with Crippen molar-refractivity contribution in [3.8, 4) is 0 Å². The summed E-state index contributed by atoms with van der Waals surface area (Å²) < 4.78 is 0. The van der Waals surface area contributed by atoms with E-state index in [-0.39, 0.29) is 17.7 Å². The largest absolute Gasteiger partial charge is 0.409 e. The van der Waals surface area contributed by atoms with Crippen LogP contribution >= 0.6 is 0 Å². The molecule has 110 valence electrons. The summed E-state index contributed by atoms with van der Waals surface area (Å²) in [5.41, 5.74) is 6.69. The van der Waals surface area contributed by atoms with Crippen LogP contribution in [0.1, 0.15) is 17.9 Å². The summed E-state index contributed by atoms with van der Waals surface area (Å²) in [6.45, 7) is 1.07. The number of carbonyl (C=O) groups is 1. The Kier molecular flexibility index (Phi) is 6.52. The third-order valence-corrected chi connectivity index (χ3v) is 3.04. The summed E-state index contributed by atoms with van der Waals surface area (Å²) in [6, 6.07) is 9.58. The minimum atomic E-state index is -0.212. The lowest BCUT2D eigenvalue weighted by Gasteiger charge is -2.17. The molecule has 0 radical (unpaired) electrons. The molecule has 1 unspecified atom stereocenters. The molecule has 6 heteroatoms. The van der Waals surface area contributed by atoms with Crippen molar-refractivity contribution in [2.24, 2.45) is 10.9 Å². The van der Waals surface area contributed by atoms with Crippen molar-refractivity contribution in [2.45, 2.75) is 12.3 Å². The minimum Gasteiger partial charge on any atom is -0.409 e. The van der Waals surface area contributed by atoms with Gasteiger partial charge >= 0.3 is 0 Å². The van der Waals surface area contributed by atoms with Gasteiger partial charge < -0.3 is 21.2 Å². The van der Waals surface area contributed by atoms with Crippen LogP contribution in [0.4, 0.5) is 0 Å². The first-order valence-corrected chi connectivity index (χ1v) is 6.49. The number of oxime groups is 1. The molecule has 0 heterocycles. The van der Waals surface area contributed by atoms with E-state index in [0.717, 1.165) is 5.56 Å². The smallest absolute Gasteiger partial charge is 0.223 e. The van der Waals surface area contributed by atoms with E-state index in [9.17, 15) is 4.79 Å². The lowest BCUT2D eigenvalue weighted by molar-refractivity contribution is -0.128. The van der Waals surface area contributed by atoms with Crippen molar-refractivity contribution < 1.29 is 10.0 Å². The zero-order valence-electron chi connectivity index (χ0n) is 11.9. The fourth-order valence-electron chi connectivity index (χ4n) is 1.81. The van der Waals surface area contributed by atoms with E-state index in [1.165, 1.54) is 0 Å².